The van der Waals surface area contributed by atoms with Gasteiger partial charge in [0.1, 0.15) is 6.04 Å². The Labute approximate surface area is 88.4 Å². The predicted molar refractivity (Wildman–Crippen MR) is 53.0 cm³/mol. The summed E-state index contributed by atoms with van der Waals surface area (Å²) in [6.45, 7) is 2.68. The smallest absolute Gasteiger partial charge is 0.245 e. The van der Waals surface area contributed by atoms with E-state index in [0.29, 0.717) is 32.4 Å². The minimum Gasteiger partial charge on any atom is -0.388 e. The van der Waals surface area contributed by atoms with Gasteiger partial charge in [-0.15, -0.1) is 0 Å². The van der Waals surface area contributed by atoms with Gasteiger partial charge in [0.25, 0.3) is 0 Å². The predicted octanol–water partition coefficient (Wildman–Crippen LogP) is -0.752. The molecule has 2 rings (SSSR count). The number of carbonyl (C=O) groups is 2. The SMILES string of the molecule is CC1(O)CCN(C(=O)[C@@H]2CCC(=O)N2)C1. The maximum Gasteiger partial charge on any atom is 0.245 e. The van der Waals surface area contributed by atoms with Crippen LogP contribution in [0.5, 0.6) is 0 Å². The van der Waals surface area contributed by atoms with Crippen LogP contribution in [0.3, 0.4) is 0 Å². The third-order valence-electron chi connectivity index (χ3n) is 3.06. The standard InChI is InChI=1S/C10H16N2O3/c1-10(15)4-5-12(6-10)9(14)7-2-3-8(13)11-7/h7,15H,2-6H2,1H3,(H,11,13)/t7-,10?/m0/s1. The maximum absolute atomic E-state index is 11.9. The molecule has 2 atom stereocenters. The minimum atomic E-state index is -0.766. The molecule has 15 heavy (non-hydrogen) atoms. The van der Waals surface area contributed by atoms with E-state index in [2.05, 4.69) is 5.32 Å². The van der Waals surface area contributed by atoms with Crippen molar-refractivity contribution in [1.82, 2.24) is 10.2 Å². The van der Waals surface area contributed by atoms with Crippen LogP contribution in [0.4, 0.5) is 0 Å². The maximum atomic E-state index is 11.9. The highest BCUT2D eigenvalue weighted by atomic mass is 16.3. The summed E-state index contributed by atoms with van der Waals surface area (Å²) in [5.74, 6) is -0.113. The Kier molecular flexibility index (Phi) is 2.42. The molecule has 2 heterocycles. The van der Waals surface area contributed by atoms with E-state index in [-0.39, 0.29) is 17.9 Å². The molecule has 2 amide bonds. The molecule has 2 fully saturated rings. The van der Waals surface area contributed by atoms with E-state index in [9.17, 15) is 14.7 Å². The molecule has 84 valence electrons. The molecule has 2 N–H and O–H groups in total. The number of amides is 2. The topological polar surface area (TPSA) is 69.6 Å². The fraction of sp³-hybridized carbons (Fsp3) is 0.800. The van der Waals surface area contributed by atoms with E-state index >= 15 is 0 Å². The van der Waals surface area contributed by atoms with Gasteiger partial charge in [-0.1, -0.05) is 0 Å². The second kappa shape index (κ2) is 3.48. The van der Waals surface area contributed by atoms with Gasteiger partial charge in [0.05, 0.1) is 5.60 Å². The summed E-state index contributed by atoms with van der Waals surface area (Å²) in [4.78, 5) is 24.5. The normalized spacial score (nSPS) is 35.7. The van der Waals surface area contributed by atoms with Crippen LogP contribution in [0, 0.1) is 0 Å². The van der Waals surface area contributed by atoms with E-state index in [1.807, 2.05) is 0 Å². The van der Waals surface area contributed by atoms with Crippen molar-refractivity contribution in [3.63, 3.8) is 0 Å². The molecule has 2 aliphatic heterocycles. The molecule has 0 aromatic carbocycles. The zero-order valence-corrected chi connectivity index (χ0v) is 8.82. The number of β-amino-alcohol motifs (C(OH)–C–C–N with tert-alkyl or cyclic N) is 1. The van der Waals surface area contributed by atoms with Crippen molar-refractivity contribution in [2.24, 2.45) is 0 Å². The number of rotatable bonds is 1. The molecule has 0 aliphatic carbocycles. The third-order valence-corrected chi connectivity index (χ3v) is 3.06. The number of hydrogen-bond donors (Lipinski definition) is 2. The molecule has 2 saturated heterocycles. The van der Waals surface area contributed by atoms with Gasteiger partial charge in [0.2, 0.25) is 11.8 Å². The second-order valence-electron chi connectivity index (χ2n) is 4.67. The van der Waals surface area contributed by atoms with Crippen LogP contribution in [-0.4, -0.2) is 46.6 Å². The average Bonchev–Trinajstić information content (AvgIpc) is 2.71. The lowest BCUT2D eigenvalue weighted by Gasteiger charge is -2.21. The van der Waals surface area contributed by atoms with Gasteiger partial charge < -0.3 is 15.3 Å². The first-order chi connectivity index (χ1) is 6.98. The Hall–Kier alpha value is -1.10. The molecule has 0 aromatic rings. The van der Waals surface area contributed by atoms with Crippen LogP contribution in [0.1, 0.15) is 26.2 Å². The molecule has 2 aliphatic rings. The highest BCUT2D eigenvalue weighted by Gasteiger charge is 2.38. The first-order valence-corrected chi connectivity index (χ1v) is 5.28. The molecular weight excluding hydrogens is 196 g/mol. The van der Waals surface area contributed by atoms with E-state index in [0.717, 1.165) is 0 Å². The molecule has 0 spiro atoms. The van der Waals surface area contributed by atoms with Gasteiger partial charge in [0.15, 0.2) is 0 Å². The molecule has 5 heteroatoms. The fourth-order valence-electron chi connectivity index (χ4n) is 2.15. The zero-order valence-electron chi connectivity index (χ0n) is 8.82. The van der Waals surface area contributed by atoms with Crippen LogP contribution in [0.2, 0.25) is 0 Å². The van der Waals surface area contributed by atoms with E-state index in [4.69, 9.17) is 0 Å². The summed E-state index contributed by atoms with van der Waals surface area (Å²) in [7, 11) is 0. The van der Waals surface area contributed by atoms with Crippen molar-refractivity contribution in [3.05, 3.63) is 0 Å². The lowest BCUT2D eigenvalue weighted by Crippen LogP contribution is -2.44. The van der Waals surface area contributed by atoms with Gasteiger partial charge in [-0.2, -0.15) is 0 Å². The second-order valence-corrected chi connectivity index (χ2v) is 4.67. The number of nitrogens with zero attached hydrogens (tertiary/aromatic N) is 1. The van der Waals surface area contributed by atoms with Gasteiger partial charge in [0, 0.05) is 19.5 Å². The quantitative estimate of drug-likeness (QED) is 0.601. The molecule has 5 nitrogen and oxygen atoms in total. The number of nitrogens with one attached hydrogen (secondary N) is 1. The monoisotopic (exact) mass is 212 g/mol. The molecule has 1 unspecified atom stereocenters. The van der Waals surface area contributed by atoms with Crippen LogP contribution >= 0.6 is 0 Å². The van der Waals surface area contributed by atoms with Crippen molar-refractivity contribution in [1.29, 1.82) is 0 Å². The first kappa shape index (κ1) is 10.4. The molecule has 0 aromatic heterocycles. The lowest BCUT2D eigenvalue weighted by molar-refractivity contribution is -0.134. The van der Waals surface area contributed by atoms with E-state index < -0.39 is 5.60 Å². The lowest BCUT2D eigenvalue weighted by atomic mass is 10.1. The summed E-state index contributed by atoms with van der Waals surface area (Å²) >= 11 is 0. The van der Waals surface area contributed by atoms with E-state index in [1.165, 1.54) is 0 Å². The Bertz CT molecular complexity index is 301. The van der Waals surface area contributed by atoms with Crippen molar-refractivity contribution >= 4 is 11.8 Å². The number of carbonyl (C=O) groups excluding carboxylic acids is 2. The van der Waals surface area contributed by atoms with Crippen molar-refractivity contribution in [2.75, 3.05) is 13.1 Å². The van der Waals surface area contributed by atoms with Crippen LogP contribution in [0.15, 0.2) is 0 Å². The van der Waals surface area contributed by atoms with Gasteiger partial charge in [-0.05, 0) is 19.8 Å². The summed E-state index contributed by atoms with van der Waals surface area (Å²) in [5.41, 5.74) is -0.766. The Balaban J connectivity index is 1.95. The van der Waals surface area contributed by atoms with Gasteiger partial charge >= 0.3 is 0 Å². The molecular formula is C10H16N2O3. The summed E-state index contributed by atoms with van der Waals surface area (Å²) in [5, 5.41) is 12.4. The van der Waals surface area contributed by atoms with Gasteiger partial charge in [-0.25, -0.2) is 0 Å². The van der Waals surface area contributed by atoms with Crippen LogP contribution in [-0.2, 0) is 9.59 Å². The van der Waals surface area contributed by atoms with Gasteiger partial charge in [-0.3, -0.25) is 9.59 Å². The molecule has 0 radical (unpaired) electrons. The highest BCUT2D eigenvalue weighted by Crippen LogP contribution is 2.22. The van der Waals surface area contributed by atoms with Crippen molar-refractivity contribution < 1.29 is 14.7 Å². The number of aliphatic hydroxyl groups is 1. The summed E-state index contributed by atoms with van der Waals surface area (Å²) in [6, 6.07) is -0.369. The zero-order chi connectivity index (χ0) is 11.1. The third kappa shape index (κ3) is 2.12. The number of likely N-dealkylation sites (tertiary alicyclic amines) is 1. The molecule has 0 bridgehead atoms. The minimum absolute atomic E-state index is 0.0562. The Morgan fingerprint density at radius 1 is 1.67 bits per heavy atom. The molecule has 0 saturated carbocycles. The van der Waals surface area contributed by atoms with E-state index in [1.54, 1.807) is 11.8 Å². The van der Waals surface area contributed by atoms with Crippen molar-refractivity contribution in [3.8, 4) is 0 Å². The summed E-state index contributed by atoms with van der Waals surface area (Å²) < 4.78 is 0. The number of hydrogen-bond acceptors (Lipinski definition) is 3. The van der Waals surface area contributed by atoms with Crippen LogP contribution in [0.25, 0.3) is 0 Å². The summed E-state index contributed by atoms with van der Waals surface area (Å²) in [6.07, 6.45) is 1.62. The Morgan fingerprint density at radius 2 is 2.40 bits per heavy atom. The fourth-order valence-corrected chi connectivity index (χ4v) is 2.15. The largest absolute Gasteiger partial charge is 0.388 e. The van der Waals surface area contributed by atoms with Crippen molar-refractivity contribution in [2.45, 2.75) is 37.8 Å². The first-order valence-electron chi connectivity index (χ1n) is 5.28. The highest BCUT2D eigenvalue weighted by molar-refractivity contribution is 5.91. The average molecular weight is 212 g/mol. The Morgan fingerprint density at radius 3 is 2.87 bits per heavy atom. The van der Waals surface area contributed by atoms with Crippen LogP contribution < -0.4 is 5.32 Å².